The van der Waals surface area contributed by atoms with Crippen LogP contribution in [0.15, 0.2) is 17.2 Å². The molecule has 1 atom stereocenters. The fourth-order valence-electron chi connectivity index (χ4n) is 0.723. The number of aromatic nitrogens is 1. The first-order valence-corrected chi connectivity index (χ1v) is 4.64. The van der Waals surface area contributed by atoms with Crippen molar-refractivity contribution in [1.82, 2.24) is 4.98 Å². The summed E-state index contributed by atoms with van der Waals surface area (Å²) in [6.07, 6.45) is -3.87. The number of halogens is 4. The Bertz CT molecular complexity index is 382. The molecule has 0 saturated carbocycles. The van der Waals surface area contributed by atoms with Crippen LogP contribution in [0.25, 0.3) is 0 Å². The van der Waals surface area contributed by atoms with Crippen LogP contribution in [0, 0.1) is 0 Å². The second-order valence-electron chi connectivity index (χ2n) is 2.26. The summed E-state index contributed by atoms with van der Waals surface area (Å²) in [5, 5.41) is -0.744. The van der Waals surface area contributed by atoms with Crippen molar-refractivity contribution in [2.45, 2.75) is 11.1 Å². The third-order valence-electron chi connectivity index (χ3n) is 1.32. The highest BCUT2D eigenvalue weighted by molar-refractivity contribution is 7.79. The Hall–Kier alpha value is -0.660. The molecule has 1 unspecified atom stereocenters. The SMILES string of the molecule is O=S(O)c1cnc(Cl)c(C(F)(F)F)c1. The first-order chi connectivity index (χ1) is 6.32. The lowest BCUT2D eigenvalue weighted by atomic mass is 10.3. The quantitative estimate of drug-likeness (QED) is 0.610. The highest BCUT2D eigenvalue weighted by Crippen LogP contribution is 2.34. The van der Waals surface area contributed by atoms with Gasteiger partial charge in [0.05, 0.1) is 10.5 Å². The van der Waals surface area contributed by atoms with E-state index in [4.69, 9.17) is 16.2 Å². The van der Waals surface area contributed by atoms with Crippen molar-refractivity contribution in [1.29, 1.82) is 0 Å². The van der Waals surface area contributed by atoms with E-state index in [0.717, 1.165) is 6.20 Å². The van der Waals surface area contributed by atoms with Crippen molar-refractivity contribution in [2.75, 3.05) is 0 Å². The summed E-state index contributed by atoms with van der Waals surface area (Å²) in [6.45, 7) is 0. The van der Waals surface area contributed by atoms with Gasteiger partial charge < -0.3 is 4.55 Å². The van der Waals surface area contributed by atoms with Crippen molar-refractivity contribution in [3.05, 3.63) is 23.0 Å². The molecule has 1 heterocycles. The average Bonchev–Trinajstić information content (AvgIpc) is 2.02. The Labute approximate surface area is 84.2 Å². The van der Waals surface area contributed by atoms with Crippen molar-refractivity contribution in [2.24, 2.45) is 0 Å². The molecule has 8 heteroatoms. The monoisotopic (exact) mass is 245 g/mol. The number of hydrogen-bond acceptors (Lipinski definition) is 2. The first kappa shape index (κ1) is 11.4. The standard InChI is InChI=1S/C6H3ClF3NO2S/c7-5-4(6(8,9)10)1-3(2-11-5)14(12)13/h1-2H,(H,12,13). The van der Waals surface area contributed by atoms with E-state index in [0.29, 0.717) is 6.07 Å². The molecule has 0 radical (unpaired) electrons. The minimum atomic E-state index is -4.68. The van der Waals surface area contributed by atoms with E-state index in [2.05, 4.69) is 4.98 Å². The predicted molar refractivity (Wildman–Crippen MR) is 43.3 cm³/mol. The van der Waals surface area contributed by atoms with Crippen LogP contribution in [-0.4, -0.2) is 13.7 Å². The maximum Gasteiger partial charge on any atom is 0.419 e. The van der Waals surface area contributed by atoms with E-state index in [1.54, 1.807) is 0 Å². The molecule has 78 valence electrons. The molecule has 1 rings (SSSR count). The zero-order chi connectivity index (χ0) is 10.9. The molecule has 0 aliphatic heterocycles. The van der Waals surface area contributed by atoms with Gasteiger partial charge in [0.25, 0.3) is 0 Å². The second kappa shape index (κ2) is 3.84. The largest absolute Gasteiger partial charge is 0.419 e. The zero-order valence-corrected chi connectivity index (χ0v) is 7.95. The lowest BCUT2D eigenvalue weighted by Gasteiger charge is -2.08. The van der Waals surface area contributed by atoms with Crippen molar-refractivity contribution in [3.63, 3.8) is 0 Å². The summed E-state index contributed by atoms with van der Waals surface area (Å²) < 4.78 is 55.5. The normalized spacial score (nSPS) is 14.1. The van der Waals surface area contributed by atoms with Gasteiger partial charge in [0.2, 0.25) is 0 Å². The van der Waals surface area contributed by atoms with Gasteiger partial charge >= 0.3 is 6.18 Å². The van der Waals surface area contributed by atoms with Gasteiger partial charge in [-0.15, -0.1) is 0 Å². The Morgan fingerprint density at radius 3 is 2.50 bits per heavy atom. The summed E-state index contributed by atoms with van der Waals surface area (Å²) in [5.41, 5.74) is -1.22. The molecule has 1 aromatic rings. The number of nitrogens with zero attached hydrogens (tertiary/aromatic N) is 1. The Morgan fingerprint density at radius 2 is 2.07 bits per heavy atom. The van der Waals surface area contributed by atoms with Gasteiger partial charge in [-0.2, -0.15) is 13.2 Å². The summed E-state index contributed by atoms with van der Waals surface area (Å²) in [5.74, 6) is 0. The summed E-state index contributed by atoms with van der Waals surface area (Å²) in [7, 11) is 0. The molecule has 0 saturated heterocycles. The van der Waals surface area contributed by atoms with Crippen molar-refractivity contribution < 1.29 is 21.9 Å². The van der Waals surface area contributed by atoms with Crippen LogP contribution < -0.4 is 0 Å². The molecule has 0 aromatic carbocycles. The van der Waals surface area contributed by atoms with Gasteiger partial charge in [-0.25, -0.2) is 9.19 Å². The van der Waals surface area contributed by atoms with Crippen LogP contribution in [-0.2, 0) is 17.3 Å². The van der Waals surface area contributed by atoms with Gasteiger partial charge in [-0.3, -0.25) is 0 Å². The predicted octanol–water partition coefficient (Wildman–Crippen LogP) is 2.33. The van der Waals surface area contributed by atoms with Gasteiger partial charge in [-0.1, -0.05) is 11.6 Å². The Balaban J connectivity index is 3.29. The summed E-state index contributed by atoms with van der Waals surface area (Å²) in [6, 6.07) is 0.492. The molecule has 3 nitrogen and oxygen atoms in total. The molecule has 14 heavy (non-hydrogen) atoms. The maximum absolute atomic E-state index is 12.2. The molecule has 0 spiro atoms. The highest BCUT2D eigenvalue weighted by Gasteiger charge is 2.34. The van der Waals surface area contributed by atoms with E-state index >= 15 is 0 Å². The topological polar surface area (TPSA) is 50.2 Å². The van der Waals surface area contributed by atoms with Gasteiger partial charge in [0, 0.05) is 6.20 Å². The average molecular weight is 246 g/mol. The lowest BCUT2D eigenvalue weighted by molar-refractivity contribution is -0.137. The van der Waals surface area contributed by atoms with E-state index in [1.807, 2.05) is 0 Å². The van der Waals surface area contributed by atoms with Crippen LogP contribution in [0.5, 0.6) is 0 Å². The first-order valence-electron chi connectivity index (χ1n) is 3.16. The second-order valence-corrected chi connectivity index (χ2v) is 3.58. The number of alkyl halides is 3. The van der Waals surface area contributed by atoms with Crippen LogP contribution >= 0.6 is 11.6 Å². The van der Waals surface area contributed by atoms with E-state index < -0.39 is 32.9 Å². The molecule has 1 aromatic heterocycles. The van der Waals surface area contributed by atoms with Crippen LogP contribution in [0.3, 0.4) is 0 Å². The molecular weight excluding hydrogens is 243 g/mol. The third-order valence-corrected chi connectivity index (χ3v) is 2.25. The molecule has 0 amide bonds. The minimum Gasteiger partial charge on any atom is -0.302 e. The minimum absolute atomic E-state index is 0.443. The van der Waals surface area contributed by atoms with Gasteiger partial charge in [0.15, 0.2) is 11.1 Å². The Morgan fingerprint density at radius 1 is 1.50 bits per heavy atom. The molecule has 1 N–H and O–H groups in total. The van der Waals surface area contributed by atoms with Crippen LogP contribution in [0.4, 0.5) is 13.2 Å². The molecule has 0 aliphatic carbocycles. The maximum atomic E-state index is 12.2. The third kappa shape index (κ3) is 2.43. The molecule has 0 aliphatic rings. The van der Waals surface area contributed by atoms with Crippen LogP contribution in [0.2, 0.25) is 5.15 Å². The van der Waals surface area contributed by atoms with Crippen LogP contribution in [0.1, 0.15) is 5.56 Å². The van der Waals surface area contributed by atoms with Gasteiger partial charge in [0.1, 0.15) is 5.15 Å². The molecular formula is C6H3ClF3NO2S. The zero-order valence-electron chi connectivity index (χ0n) is 6.38. The summed E-state index contributed by atoms with van der Waals surface area (Å²) >= 11 is 2.67. The Kier molecular flexibility index (Phi) is 3.13. The summed E-state index contributed by atoms with van der Waals surface area (Å²) in [4.78, 5) is 2.72. The van der Waals surface area contributed by atoms with Crippen molar-refractivity contribution in [3.8, 4) is 0 Å². The number of pyridine rings is 1. The van der Waals surface area contributed by atoms with E-state index in [-0.39, 0.29) is 0 Å². The highest BCUT2D eigenvalue weighted by atomic mass is 35.5. The fraction of sp³-hybridized carbons (Fsp3) is 0.167. The number of rotatable bonds is 1. The van der Waals surface area contributed by atoms with E-state index in [9.17, 15) is 17.4 Å². The smallest absolute Gasteiger partial charge is 0.302 e. The molecule has 0 fully saturated rings. The van der Waals surface area contributed by atoms with Gasteiger partial charge in [-0.05, 0) is 6.07 Å². The number of hydrogen-bond donors (Lipinski definition) is 1. The van der Waals surface area contributed by atoms with Crippen molar-refractivity contribution >= 4 is 22.7 Å². The van der Waals surface area contributed by atoms with E-state index in [1.165, 1.54) is 0 Å². The fourth-order valence-corrected chi connectivity index (χ4v) is 1.30. The lowest BCUT2D eigenvalue weighted by Crippen LogP contribution is -2.08. The molecule has 0 bridgehead atoms.